The van der Waals surface area contributed by atoms with Crippen molar-refractivity contribution in [2.24, 2.45) is 0 Å². The molecule has 0 aromatic rings. The Morgan fingerprint density at radius 3 is 1.20 bits per heavy atom. The van der Waals surface area contributed by atoms with Crippen LogP contribution in [0.2, 0.25) is 0 Å². The van der Waals surface area contributed by atoms with E-state index in [1.165, 1.54) is 128 Å². The highest BCUT2D eigenvalue weighted by molar-refractivity contribution is 5.70. The molecule has 0 N–H and O–H groups in total. The Bertz CT molecular complexity index is 761. The lowest BCUT2D eigenvalue weighted by atomic mass is 10.1. The Hall–Kier alpha value is -1.33. The molecule has 0 fully saturated rings. The van der Waals surface area contributed by atoms with E-state index in [1.807, 2.05) is 0 Å². The van der Waals surface area contributed by atoms with E-state index in [1.54, 1.807) is 0 Å². The Morgan fingerprint density at radius 1 is 0.510 bits per heavy atom. The van der Waals surface area contributed by atoms with Gasteiger partial charge in [-0.15, -0.1) is 0 Å². The maximum Gasteiger partial charge on any atom is 0.306 e. The molecule has 0 aromatic heterocycles. The van der Waals surface area contributed by atoms with Crippen LogP contribution in [0, 0.1) is 0 Å². The van der Waals surface area contributed by atoms with Gasteiger partial charge in [-0.2, -0.15) is 0 Å². The molecule has 5 nitrogen and oxygen atoms in total. The SMILES string of the molecule is C.CCCCCCCC/C=C\CCCCCCCC(=O)OCC(C[N+](C)(C)C)OC(=O)CCCCCCC/C=C\CCCCCCCC.[Cl-]. The van der Waals surface area contributed by atoms with Crippen LogP contribution in [0.1, 0.15) is 201 Å². The van der Waals surface area contributed by atoms with Crippen molar-refractivity contribution in [2.45, 2.75) is 207 Å². The molecular formula is C43H84ClNO4. The van der Waals surface area contributed by atoms with Crippen LogP contribution in [-0.2, 0) is 19.1 Å². The van der Waals surface area contributed by atoms with Gasteiger partial charge in [-0.05, 0) is 64.2 Å². The number of carbonyl (C=O) groups is 2. The van der Waals surface area contributed by atoms with E-state index in [2.05, 4.69) is 59.3 Å². The number of quaternary nitrogens is 1. The van der Waals surface area contributed by atoms with E-state index in [0.717, 1.165) is 38.5 Å². The van der Waals surface area contributed by atoms with Crippen molar-refractivity contribution in [3.63, 3.8) is 0 Å². The third kappa shape index (κ3) is 42.8. The highest BCUT2D eigenvalue weighted by Crippen LogP contribution is 2.13. The highest BCUT2D eigenvalue weighted by Gasteiger charge is 2.23. The van der Waals surface area contributed by atoms with Gasteiger partial charge in [0.15, 0.2) is 6.10 Å². The van der Waals surface area contributed by atoms with Crippen LogP contribution in [0.5, 0.6) is 0 Å². The van der Waals surface area contributed by atoms with Crippen LogP contribution < -0.4 is 12.4 Å². The van der Waals surface area contributed by atoms with Crippen LogP contribution >= 0.6 is 0 Å². The number of ether oxygens (including phenoxy) is 2. The first kappa shape index (κ1) is 52.0. The lowest BCUT2D eigenvalue weighted by molar-refractivity contribution is -0.873. The Balaban J connectivity index is -0.0000106. The third-order valence-electron chi connectivity index (χ3n) is 8.77. The van der Waals surface area contributed by atoms with Crippen molar-refractivity contribution in [1.82, 2.24) is 0 Å². The number of hydrogen-bond donors (Lipinski definition) is 0. The zero-order valence-corrected chi connectivity index (χ0v) is 33.3. The molecular weight excluding hydrogens is 630 g/mol. The first-order chi connectivity index (χ1) is 22.8. The summed E-state index contributed by atoms with van der Waals surface area (Å²) in [5.41, 5.74) is 0. The fourth-order valence-electron chi connectivity index (χ4n) is 5.92. The van der Waals surface area contributed by atoms with Gasteiger partial charge in [0, 0.05) is 12.8 Å². The van der Waals surface area contributed by atoms with Crippen LogP contribution in [0.15, 0.2) is 24.3 Å². The summed E-state index contributed by atoms with van der Waals surface area (Å²) >= 11 is 0. The first-order valence-electron chi connectivity index (χ1n) is 20.2. The topological polar surface area (TPSA) is 52.6 Å². The number of carbonyl (C=O) groups excluding carboxylic acids is 2. The predicted octanol–water partition coefficient (Wildman–Crippen LogP) is 9.86. The molecule has 0 heterocycles. The molecule has 0 rings (SSSR count). The maximum absolute atomic E-state index is 12.6. The second kappa shape index (κ2) is 39.5. The second-order valence-corrected chi connectivity index (χ2v) is 14.9. The number of rotatable bonds is 35. The van der Waals surface area contributed by atoms with Gasteiger partial charge in [-0.1, -0.05) is 148 Å². The molecule has 0 aliphatic heterocycles. The average molecular weight is 715 g/mol. The van der Waals surface area contributed by atoms with Gasteiger partial charge in [0.1, 0.15) is 13.2 Å². The van der Waals surface area contributed by atoms with Gasteiger partial charge in [0.25, 0.3) is 0 Å². The van der Waals surface area contributed by atoms with Crippen molar-refractivity contribution < 1.29 is 36.0 Å². The number of esters is 2. The molecule has 292 valence electrons. The molecule has 0 aliphatic rings. The summed E-state index contributed by atoms with van der Waals surface area (Å²) in [4.78, 5) is 24.9. The monoisotopic (exact) mass is 714 g/mol. The van der Waals surface area contributed by atoms with Gasteiger partial charge >= 0.3 is 11.9 Å². The smallest absolute Gasteiger partial charge is 0.306 e. The number of halogens is 1. The lowest BCUT2D eigenvalue weighted by Gasteiger charge is -2.28. The number of allylic oxidation sites excluding steroid dienone is 4. The Morgan fingerprint density at radius 2 is 0.837 bits per heavy atom. The van der Waals surface area contributed by atoms with Gasteiger partial charge in [0.05, 0.1) is 21.1 Å². The molecule has 0 saturated carbocycles. The summed E-state index contributed by atoms with van der Waals surface area (Å²) in [6.45, 7) is 5.31. The molecule has 0 aliphatic carbocycles. The molecule has 0 aromatic carbocycles. The molecule has 1 atom stereocenters. The minimum absolute atomic E-state index is 0. The number of hydrogen-bond acceptors (Lipinski definition) is 4. The van der Waals surface area contributed by atoms with Gasteiger partial charge in [-0.25, -0.2) is 0 Å². The quantitative estimate of drug-likeness (QED) is 0.0284. The summed E-state index contributed by atoms with van der Waals surface area (Å²) < 4.78 is 12.0. The van der Waals surface area contributed by atoms with Crippen LogP contribution in [-0.4, -0.2) is 56.8 Å². The van der Waals surface area contributed by atoms with E-state index in [4.69, 9.17) is 9.47 Å². The molecule has 6 heteroatoms. The molecule has 0 amide bonds. The minimum atomic E-state index is -0.399. The number of likely N-dealkylation sites (N-methyl/N-ethyl adjacent to an activating group) is 1. The Labute approximate surface area is 312 Å². The maximum atomic E-state index is 12.6. The van der Waals surface area contributed by atoms with Gasteiger partial charge < -0.3 is 26.4 Å². The van der Waals surface area contributed by atoms with E-state index in [9.17, 15) is 9.59 Å². The predicted molar refractivity (Wildman–Crippen MR) is 209 cm³/mol. The van der Waals surface area contributed by atoms with Crippen LogP contribution in [0.4, 0.5) is 0 Å². The van der Waals surface area contributed by atoms with Gasteiger partial charge in [0.2, 0.25) is 0 Å². The van der Waals surface area contributed by atoms with Crippen molar-refractivity contribution in [1.29, 1.82) is 0 Å². The molecule has 49 heavy (non-hydrogen) atoms. The van der Waals surface area contributed by atoms with Crippen molar-refractivity contribution >= 4 is 11.9 Å². The van der Waals surface area contributed by atoms with Crippen LogP contribution in [0.25, 0.3) is 0 Å². The normalized spacial score (nSPS) is 12.2. The summed E-state index contributed by atoms with van der Waals surface area (Å²) in [5, 5.41) is 0. The zero-order chi connectivity index (χ0) is 34.7. The highest BCUT2D eigenvalue weighted by atomic mass is 35.5. The van der Waals surface area contributed by atoms with Crippen molar-refractivity contribution in [3.8, 4) is 0 Å². The molecule has 0 bridgehead atoms. The summed E-state index contributed by atoms with van der Waals surface area (Å²) in [6, 6.07) is 0. The van der Waals surface area contributed by atoms with Crippen molar-refractivity contribution in [2.75, 3.05) is 34.3 Å². The standard InChI is InChI=1S/C42H80NO4.CH4.ClH/c1-6-8-10-12-14-16-18-20-22-24-26-28-30-32-34-36-41(44)46-39-40(38-43(3,4)5)47-42(45)37-35-33-31-29-27-25-23-21-19-17-15-13-11-9-7-2;;/h20-23,40H,6-19,24-39H2,1-5H3;1H4;1H/q+1;;/p-1/b22-20-,23-21-;;. The lowest BCUT2D eigenvalue weighted by Crippen LogP contribution is -3.00. The van der Waals surface area contributed by atoms with E-state index >= 15 is 0 Å². The number of nitrogens with zero attached hydrogens (tertiary/aromatic N) is 1. The number of unbranched alkanes of at least 4 members (excludes halogenated alkanes) is 22. The summed E-state index contributed by atoms with van der Waals surface area (Å²) in [6.07, 6.45) is 42.1. The fraction of sp³-hybridized carbons (Fsp3) is 0.860. The molecule has 0 saturated heterocycles. The Kier molecular flexibility index (Phi) is 41.9. The third-order valence-corrected chi connectivity index (χ3v) is 8.77. The van der Waals surface area contributed by atoms with E-state index in [-0.39, 0.29) is 38.4 Å². The van der Waals surface area contributed by atoms with Gasteiger partial charge in [-0.3, -0.25) is 9.59 Å². The first-order valence-corrected chi connectivity index (χ1v) is 20.2. The van der Waals surface area contributed by atoms with Crippen molar-refractivity contribution in [3.05, 3.63) is 24.3 Å². The molecule has 1 unspecified atom stereocenters. The van der Waals surface area contributed by atoms with Crippen LogP contribution in [0.3, 0.4) is 0 Å². The fourth-order valence-corrected chi connectivity index (χ4v) is 5.92. The summed E-state index contributed by atoms with van der Waals surface area (Å²) in [7, 11) is 6.20. The molecule has 0 spiro atoms. The average Bonchev–Trinajstić information content (AvgIpc) is 3.03. The minimum Gasteiger partial charge on any atom is -1.00 e. The second-order valence-electron chi connectivity index (χ2n) is 14.9. The van der Waals surface area contributed by atoms with E-state index in [0.29, 0.717) is 23.9 Å². The largest absolute Gasteiger partial charge is 1.00 e. The molecule has 0 radical (unpaired) electrons. The van der Waals surface area contributed by atoms with E-state index < -0.39 is 6.10 Å². The zero-order valence-electron chi connectivity index (χ0n) is 32.6. The summed E-state index contributed by atoms with van der Waals surface area (Å²) in [5.74, 6) is -0.350.